The van der Waals surface area contributed by atoms with Gasteiger partial charge in [0.2, 0.25) is 0 Å². The average Bonchev–Trinajstić information content (AvgIpc) is 2.92. The van der Waals surface area contributed by atoms with Crippen molar-refractivity contribution in [3.63, 3.8) is 0 Å². The summed E-state index contributed by atoms with van der Waals surface area (Å²) >= 11 is 4.88. The number of hydrogen-bond acceptors (Lipinski definition) is 7. The molecule has 1 aromatic carbocycles. The smallest absolute Gasteiger partial charge is 0.175 e. The third-order valence-corrected chi connectivity index (χ3v) is 6.18. The lowest BCUT2D eigenvalue weighted by molar-refractivity contribution is 0.414. The predicted molar refractivity (Wildman–Crippen MR) is 86.9 cm³/mol. The van der Waals surface area contributed by atoms with Crippen LogP contribution in [0.1, 0.15) is 17.7 Å². The standard InChI is InChI=1S/C13H17N3OS3/c1-8(14)11(9-4-6-10(17-2)7-5-9)19-13-16-15-12(18-3)20-13/h4-8,11H,14H2,1-3H3. The molecule has 20 heavy (non-hydrogen) atoms. The van der Waals surface area contributed by atoms with Gasteiger partial charge in [0.1, 0.15) is 5.75 Å². The van der Waals surface area contributed by atoms with Gasteiger partial charge in [-0.3, -0.25) is 0 Å². The molecule has 0 radical (unpaired) electrons. The summed E-state index contributed by atoms with van der Waals surface area (Å²) in [4.78, 5) is 0. The molecule has 0 aliphatic rings. The van der Waals surface area contributed by atoms with E-state index in [0.717, 1.165) is 14.4 Å². The highest BCUT2D eigenvalue weighted by Gasteiger charge is 2.20. The second-order valence-electron chi connectivity index (χ2n) is 4.21. The van der Waals surface area contributed by atoms with Gasteiger partial charge in [-0.05, 0) is 30.9 Å². The second-order valence-corrected chi connectivity index (χ2v) is 7.63. The first-order chi connectivity index (χ1) is 9.63. The molecular formula is C13H17N3OS3. The Labute approximate surface area is 131 Å². The van der Waals surface area contributed by atoms with Gasteiger partial charge >= 0.3 is 0 Å². The number of nitrogens with two attached hydrogens (primary N) is 1. The average molecular weight is 328 g/mol. The molecule has 2 N–H and O–H groups in total. The largest absolute Gasteiger partial charge is 0.497 e. The molecule has 0 bridgehead atoms. The van der Waals surface area contributed by atoms with E-state index < -0.39 is 0 Å². The highest BCUT2D eigenvalue weighted by molar-refractivity contribution is 8.03. The third kappa shape index (κ3) is 3.88. The summed E-state index contributed by atoms with van der Waals surface area (Å²) in [5.74, 6) is 0.850. The van der Waals surface area contributed by atoms with E-state index in [2.05, 4.69) is 22.3 Å². The Morgan fingerprint density at radius 2 is 1.85 bits per heavy atom. The summed E-state index contributed by atoms with van der Waals surface area (Å²) in [6, 6.07) is 8.04. The van der Waals surface area contributed by atoms with E-state index in [1.54, 1.807) is 42.0 Å². The molecule has 1 heterocycles. The second kappa shape index (κ2) is 7.31. The minimum Gasteiger partial charge on any atom is -0.497 e. The Kier molecular flexibility index (Phi) is 5.71. The molecule has 0 saturated carbocycles. The normalized spacial score (nSPS) is 14.0. The van der Waals surface area contributed by atoms with E-state index in [-0.39, 0.29) is 11.3 Å². The Morgan fingerprint density at radius 3 is 2.35 bits per heavy atom. The minimum atomic E-state index is 0.0232. The fourth-order valence-electron chi connectivity index (χ4n) is 1.71. The van der Waals surface area contributed by atoms with Gasteiger partial charge in [0.05, 0.1) is 12.4 Å². The van der Waals surface area contributed by atoms with Crippen molar-refractivity contribution >= 4 is 34.9 Å². The summed E-state index contributed by atoms with van der Waals surface area (Å²) in [6.45, 7) is 2.01. The lowest BCUT2D eigenvalue weighted by atomic mass is 10.1. The minimum absolute atomic E-state index is 0.0232. The van der Waals surface area contributed by atoms with Crippen LogP contribution in [0.5, 0.6) is 5.75 Å². The Hall–Kier alpha value is -0.760. The van der Waals surface area contributed by atoms with E-state index in [9.17, 15) is 0 Å². The first-order valence-electron chi connectivity index (χ1n) is 6.07. The van der Waals surface area contributed by atoms with E-state index in [1.165, 1.54) is 5.56 Å². The maximum atomic E-state index is 6.13. The maximum Gasteiger partial charge on any atom is 0.175 e. The number of rotatable bonds is 6. The van der Waals surface area contributed by atoms with Crippen LogP contribution in [0.3, 0.4) is 0 Å². The first-order valence-corrected chi connectivity index (χ1v) is 8.99. The van der Waals surface area contributed by atoms with Crippen molar-refractivity contribution in [2.24, 2.45) is 5.73 Å². The molecule has 2 rings (SSSR count). The monoisotopic (exact) mass is 327 g/mol. The fraction of sp³-hybridized carbons (Fsp3) is 0.385. The van der Waals surface area contributed by atoms with Crippen molar-refractivity contribution in [1.82, 2.24) is 10.2 Å². The topological polar surface area (TPSA) is 61.0 Å². The number of thioether (sulfide) groups is 2. The highest BCUT2D eigenvalue weighted by atomic mass is 32.2. The number of methoxy groups -OCH3 is 1. The summed E-state index contributed by atoms with van der Waals surface area (Å²) in [7, 11) is 1.66. The number of benzene rings is 1. The van der Waals surface area contributed by atoms with Crippen LogP contribution in [0.4, 0.5) is 0 Å². The van der Waals surface area contributed by atoms with Crippen LogP contribution in [0.15, 0.2) is 32.9 Å². The van der Waals surface area contributed by atoms with Gasteiger partial charge in [-0.1, -0.05) is 47.0 Å². The van der Waals surface area contributed by atoms with Gasteiger partial charge in [-0.15, -0.1) is 10.2 Å². The molecule has 2 atom stereocenters. The van der Waals surface area contributed by atoms with Crippen molar-refractivity contribution in [3.05, 3.63) is 29.8 Å². The molecule has 2 aromatic rings. The van der Waals surface area contributed by atoms with E-state index in [4.69, 9.17) is 10.5 Å². The zero-order valence-corrected chi connectivity index (χ0v) is 14.0. The summed E-state index contributed by atoms with van der Waals surface area (Å²) in [6.07, 6.45) is 2.00. The lowest BCUT2D eigenvalue weighted by Crippen LogP contribution is -2.22. The zero-order valence-electron chi connectivity index (χ0n) is 11.6. The Bertz CT molecular complexity index is 542. The van der Waals surface area contributed by atoms with Crippen LogP contribution in [0, 0.1) is 0 Å². The Balaban J connectivity index is 2.17. The van der Waals surface area contributed by atoms with Gasteiger partial charge in [-0.25, -0.2) is 0 Å². The molecule has 1 aromatic heterocycles. The summed E-state index contributed by atoms with van der Waals surface area (Å²) < 4.78 is 7.11. The molecule has 0 spiro atoms. The van der Waals surface area contributed by atoms with Crippen LogP contribution in [-0.4, -0.2) is 29.6 Å². The van der Waals surface area contributed by atoms with Crippen molar-refractivity contribution < 1.29 is 4.74 Å². The summed E-state index contributed by atoms with van der Waals surface area (Å²) in [5.41, 5.74) is 7.30. The van der Waals surface area contributed by atoms with Gasteiger partial charge < -0.3 is 10.5 Å². The predicted octanol–water partition coefficient (Wildman–Crippen LogP) is 3.45. The third-order valence-electron chi connectivity index (χ3n) is 2.71. The fourth-order valence-corrected chi connectivity index (χ4v) is 4.43. The summed E-state index contributed by atoms with van der Waals surface area (Å²) in [5, 5.41) is 8.47. The Morgan fingerprint density at radius 1 is 1.20 bits per heavy atom. The molecule has 0 fully saturated rings. The molecule has 0 amide bonds. The van der Waals surface area contributed by atoms with E-state index in [1.807, 2.05) is 25.3 Å². The first kappa shape index (κ1) is 15.6. The zero-order chi connectivity index (χ0) is 14.5. The molecule has 7 heteroatoms. The maximum absolute atomic E-state index is 6.13. The number of aromatic nitrogens is 2. The van der Waals surface area contributed by atoms with E-state index >= 15 is 0 Å². The van der Waals surface area contributed by atoms with Crippen LogP contribution in [0.25, 0.3) is 0 Å². The van der Waals surface area contributed by atoms with Crippen LogP contribution in [-0.2, 0) is 0 Å². The van der Waals surface area contributed by atoms with Crippen molar-refractivity contribution in [3.8, 4) is 5.75 Å². The molecule has 2 unspecified atom stereocenters. The van der Waals surface area contributed by atoms with Gasteiger partial charge in [0, 0.05) is 6.04 Å². The molecule has 0 aliphatic carbocycles. The number of ether oxygens (including phenoxy) is 1. The van der Waals surface area contributed by atoms with Gasteiger partial charge in [-0.2, -0.15) is 0 Å². The van der Waals surface area contributed by atoms with E-state index in [0.29, 0.717) is 0 Å². The van der Waals surface area contributed by atoms with Crippen LogP contribution < -0.4 is 10.5 Å². The van der Waals surface area contributed by atoms with Crippen LogP contribution >= 0.6 is 34.9 Å². The van der Waals surface area contributed by atoms with Crippen LogP contribution in [0.2, 0.25) is 0 Å². The van der Waals surface area contributed by atoms with Gasteiger partial charge in [0.15, 0.2) is 8.68 Å². The SMILES string of the molecule is COc1ccc(C(Sc2nnc(SC)s2)C(C)N)cc1. The molecule has 0 saturated heterocycles. The number of hydrogen-bond donors (Lipinski definition) is 1. The lowest BCUT2D eigenvalue weighted by Gasteiger charge is -2.19. The quantitative estimate of drug-likeness (QED) is 0.820. The highest BCUT2D eigenvalue weighted by Crippen LogP contribution is 2.39. The van der Waals surface area contributed by atoms with Crippen molar-refractivity contribution in [2.75, 3.05) is 13.4 Å². The molecule has 108 valence electrons. The molecule has 0 aliphatic heterocycles. The van der Waals surface area contributed by atoms with Gasteiger partial charge in [0.25, 0.3) is 0 Å². The van der Waals surface area contributed by atoms with Crippen molar-refractivity contribution in [1.29, 1.82) is 0 Å². The molecule has 4 nitrogen and oxygen atoms in total. The van der Waals surface area contributed by atoms with Crippen molar-refractivity contribution in [2.45, 2.75) is 26.9 Å². The molecular weight excluding hydrogens is 310 g/mol. The number of nitrogens with zero attached hydrogens (tertiary/aromatic N) is 2.